The largest absolute Gasteiger partial charge is 0.497 e. The highest BCUT2D eigenvalue weighted by Gasteiger charge is 2.11. The summed E-state index contributed by atoms with van der Waals surface area (Å²) in [5.41, 5.74) is 1.43. The average Bonchev–Trinajstić information content (AvgIpc) is 2.71. The van der Waals surface area contributed by atoms with Crippen molar-refractivity contribution < 1.29 is 23.0 Å². The zero-order chi connectivity index (χ0) is 20.4. The molecule has 2 aromatic rings. The van der Waals surface area contributed by atoms with Gasteiger partial charge in [-0.1, -0.05) is 6.07 Å². The van der Waals surface area contributed by atoms with E-state index in [1.165, 1.54) is 13.2 Å². The Morgan fingerprint density at radius 3 is 2.52 bits per heavy atom. The van der Waals surface area contributed by atoms with Crippen LogP contribution in [-0.2, 0) is 13.1 Å². The van der Waals surface area contributed by atoms with E-state index in [1.54, 1.807) is 31.5 Å². The summed E-state index contributed by atoms with van der Waals surface area (Å²) in [4.78, 5) is 8.62. The summed E-state index contributed by atoms with van der Waals surface area (Å²) in [6.45, 7) is 0.293. The Bertz CT molecular complexity index is 777. The van der Waals surface area contributed by atoms with E-state index >= 15 is 0 Å². The van der Waals surface area contributed by atoms with Crippen molar-refractivity contribution in [2.75, 3.05) is 20.8 Å². The Kier molecular flexibility index (Phi) is 11.0. The van der Waals surface area contributed by atoms with Crippen LogP contribution in [0.3, 0.4) is 0 Å². The van der Waals surface area contributed by atoms with Gasteiger partial charge in [-0.25, -0.2) is 9.98 Å². The van der Waals surface area contributed by atoms with E-state index in [4.69, 9.17) is 9.47 Å². The Morgan fingerprint density at radius 2 is 1.93 bits per heavy atom. The molecule has 2 N–H and O–H groups in total. The van der Waals surface area contributed by atoms with Crippen LogP contribution in [0.1, 0.15) is 18.1 Å². The minimum Gasteiger partial charge on any atom is -0.497 e. The van der Waals surface area contributed by atoms with Crippen molar-refractivity contribution >= 4 is 29.9 Å². The van der Waals surface area contributed by atoms with E-state index in [0.29, 0.717) is 36.2 Å². The molecule has 2 rings (SSSR count). The molecule has 0 saturated carbocycles. The maximum Gasteiger partial charge on any atom is 0.387 e. The van der Waals surface area contributed by atoms with Gasteiger partial charge < -0.3 is 24.8 Å². The number of hydrogen-bond donors (Lipinski definition) is 2. The summed E-state index contributed by atoms with van der Waals surface area (Å²) in [5, 5.41) is 6.22. The van der Waals surface area contributed by atoms with Gasteiger partial charge in [0.1, 0.15) is 11.5 Å². The number of guanidine groups is 1. The summed E-state index contributed by atoms with van der Waals surface area (Å²) >= 11 is 0. The van der Waals surface area contributed by atoms with Gasteiger partial charge in [0.25, 0.3) is 0 Å². The van der Waals surface area contributed by atoms with Gasteiger partial charge >= 0.3 is 6.61 Å². The van der Waals surface area contributed by atoms with E-state index in [1.807, 2.05) is 13.0 Å². The standard InChI is InChI=1S/C19H24F2N4O3.HI/c1-4-22-19(24-11-13-5-8-17(27-3)23-10-13)25-12-14-9-15(26-2)6-7-16(14)28-18(20)21;/h5-10,18H,4,11-12H2,1-3H3,(H2,22,24,25);1H. The molecule has 0 saturated heterocycles. The lowest BCUT2D eigenvalue weighted by atomic mass is 10.2. The minimum atomic E-state index is -2.91. The second-order valence-electron chi connectivity index (χ2n) is 5.61. The van der Waals surface area contributed by atoms with Gasteiger partial charge in [0, 0.05) is 30.9 Å². The minimum absolute atomic E-state index is 0. The number of hydrogen-bond acceptors (Lipinski definition) is 5. The molecule has 0 fully saturated rings. The highest BCUT2D eigenvalue weighted by Crippen LogP contribution is 2.25. The predicted octanol–water partition coefficient (Wildman–Crippen LogP) is 3.57. The molecule has 0 aliphatic heterocycles. The van der Waals surface area contributed by atoms with E-state index in [9.17, 15) is 8.78 Å². The van der Waals surface area contributed by atoms with Gasteiger partial charge in [0.15, 0.2) is 5.96 Å². The molecule has 1 aromatic carbocycles. The molecule has 29 heavy (non-hydrogen) atoms. The molecule has 1 aromatic heterocycles. The quantitative estimate of drug-likeness (QED) is 0.298. The Morgan fingerprint density at radius 1 is 1.14 bits per heavy atom. The number of nitrogens with zero attached hydrogens (tertiary/aromatic N) is 2. The fraction of sp³-hybridized carbons (Fsp3) is 0.368. The monoisotopic (exact) mass is 522 g/mol. The zero-order valence-corrected chi connectivity index (χ0v) is 18.8. The number of alkyl halides is 2. The van der Waals surface area contributed by atoms with Crippen molar-refractivity contribution in [3.05, 3.63) is 47.7 Å². The molecule has 0 aliphatic carbocycles. The number of aromatic nitrogens is 1. The fourth-order valence-corrected chi connectivity index (χ4v) is 2.35. The first-order valence-electron chi connectivity index (χ1n) is 8.68. The molecule has 7 nitrogen and oxygen atoms in total. The van der Waals surface area contributed by atoms with Gasteiger partial charge in [-0.3, -0.25) is 0 Å². The van der Waals surface area contributed by atoms with Crippen LogP contribution < -0.4 is 24.8 Å². The summed E-state index contributed by atoms with van der Waals surface area (Å²) in [7, 11) is 3.06. The summed E-state index contributed by atoms with van der Waals surface area (Å²) < 4.78 is 40.1. The molecule has 10 heteroatoms. The topological polar surface area (TPSA) is 77.0 Å². The van der Waals surface area contributed by atoms with Crippen molar-refractivity contribution in [3.63, 3.8) is 0 Å². The second-order valence-corrected chi connectivity index (χ2v) is 5.61. The normalized spacial score (nSPS) is 10.9. The smallest absolute Gasteiger partial charge is 0.387 e. The lowest BCUT2D eigenvalue weighted by Crippen LogP contribution is -2.36. The number of ether oxygens (including phenoxy) is 3. The van der Waals surface area contributed by atoms with Crippen LogP contribution in [-0.4, -0.2) is 38.3 Å². The Labute approximate surface area is 185 Å². The second kappa shape index (κ2) is 13.0. The number of pyridine rings is 1. The van der Waals surface area contributed by atoms with Crippen LogP contribution in [0.25, 0.3) is 0 Å². The third kappa shape index (κ3) is 8.26. The molecule has 0 unspecified atom stereocenters. The summed E-state index contributed by atoms with van der Waals surface area (Å²) in [6.07, 6.45) is 1.68. The molecule has 160 valence electrons. The SMILES string of the molecule is CCNC(=NCc1ccc(OC)nc1)NCc1cc(OC)ccc1OC(F)F.I. The van der Waals surface area contributed by atoms with Crippen LogP contribution in [0.15, 0.2) is 41.5 Å². The van der Waals surface area contributed by atoms with Gasteiger partial charge in [0.2, 0.25) is 5.88 Å². The first-order chi connectivity index (χ1) is 13.5. The average molecular weight is 522 g/mol. The molecule has 0 aliphatic rings. The van der Waals surface area contributed by atoms with Crippen LogP contribution in [0, 0.1) is 0 Å². The van der Waals surface area contributed by atoms with Gasteiger partial charge in [-0.15, -0.1) is 24.0 Å². The number of methoxy groups -OCH3 is 2. The van der Waals surface area contributed by atoms with Crippen LogP contribution in [0.5, 0.6) is 17.4 Å². The van der Waals surface area contributed by atoms with E-state index < -0.39 is 6.61 Å². The number of rotatable bonds is 9. The number of nitrogens with one attached hydrogen (secondary N) is 2. The molecule has 0 amide bonds. The molecule has 0 atom stereocenters. The first kappa shape index (κ1) is 24.7. The van der Waals surface area contributed by atoms with Crippen molar-refractivity contribution in [1.29, 1.82) is 0 Å². The van der Waals surface area contributed by atoms with Crippen LogP contribution in [0.2, 0.25) is 0 Å². The third-order valence-corrected chi connectivity index (χ3v) is 3.70. The predicted molar refractivity (Wildman–Crippen MR) is 117 cm³/mol. The maximum atomic E-state index is 12.6. The fourth-order valence-electron chi connectivity index (χ4n) is 2.35. The molecule has 0 bridgehead atoms. The van der Waals surface area contributed by atoms with Crippen molar-refractivity contribution in [3.8, 4) is 17.4 Å². The van der Waals surface area contributed by atoms with Crippen molar-refractivity contribution in [1.82, 2.24) is 15.6 Å². The highest BCUT2D eigenvalue weighted by atomic mass is 127. The highest BCUT2D eigenvalue weighted by molar-refractivity contribution is 14.0. The molecule has 0 spiro atoms. The van der Waals surface area contributed by atoms with E-state index in [2.05, 4.69) is 25.3 Å². The zero-order valence-electron chi connectivity index (χ0n) is 16.4. The number of benzene rings is 1. The molecular formula is C19H25F2IN4O3. The van der Waals surface area contributed by atoms with Crippen LogP contribution >= 0.6 is 24.0 Å². The third-order valence-electron chi connectivity index (χ3n) is 3.70. The summed E-state index contributed by atoms with van der Waals surface area (Å²) in [6, 6.07) is 8.29. The molecule has 1 heterocycles. The van der Waals surface area contributed by atoms with E-state index in [-0.39, 0.29) is 36.3 Å². The van der Waals surface area contributed by atoms with E-state index in [0.717, 1.165) is 5.56 Å². The first-order valence-corrected chi connectivity index (χ1v) is 8.68. The van der Waals surface area contributed by atoms with Crippen molar-refractivity contribution in [2.45, 2.75) is 26.6 Å². The Balaban J connectivity index is 0.00000420. The summed E-state index contributed by atoms with van der Waals surface area (Å²) in [5.74, 6) is 1.69. The number of aliphatic imine (C=N–C) groups is 1. The molecular weight excluding hydrogens is 497 g/mol. The Hall–Kier alpha value is -2.37. The van der Waals surface area contributed by atoms with Gasteiger partial charge in [0.05, 0.1) is 20.8 Å². The van der Waals surface area contributed by atoms with Gasteiger partial charge in [-0.05, 0) is 30.7 Å². The molecule has 0 radical (unpaired) electrons. The number of halogens is 3. The van der Waals surface area contributed by atoms with Crippen molar-refractivity contribution in [2.24, 2.45) is 4.99 Å². The lowest BCUT2D eigenvalue weighted by Gasteiger charge is -2.15. The maximum absolute atomic E-state index is 12.6. The lowest BCUT2D eigenvalue weighted by molar-refractivity contribution is -0.0504. The van der Waals surface area contributed by atoms with Crippen LogP contribution in [0.4, 0.5) is 8.78 Å². The van der Waals surface area contributed by atoms with Gasteiger partial charge in [-0.2, -0.15) is 8.78 Å².